The molecule has 0 amide bonds. The molecule has 1 saturated carbocycles. The molecule has 1 atom stereocenters. The number of allylic oxidation sites excluding steroid dienone is 4. The number of fused-ring (bicyclic) bond motifs is 1. The van der Waals surface area contributed by atoms with Crippen LogP contribution in [0.15, 0.2) is 23.8 Å². The van der Waals surface area contributed by atoms with Gasteiger partial charge in [-0.2, -0.15) is 0 Å². The molecule has 1 unspecified atom stereocenters. The normalized spacial score (nSPS) is 32.5. The second-order valence-electron chi connectivity index (χ2n) is 4.72. The molecule has 2 aliphatic carbocycles. The average Bonchev–Trinajstić information content (AvgIpc) is 2.04. The van der Waals surface area contributed by atoms with Crippen LogP contribution in [0.2, 0.25) is 0 Å². The number of hydrogen-bond donors (Lipinski definition) is 0. The summed E-state index contributed by atoms with van der Waals surface area (Å²) < 4.78 is 0. The van der Waals surface area contributed by atoms with Gasteiger partial charge in [-0.15, -0.1) is 0 Å². The molecule has 0 aromatic carbocycles. The maximum atomic E-state index is 2.37. The third kappa shape index (κ3) is 1.24. The Morgan fingerprint density at radius 1 is 1.33 bits per heavy atom. The van der Waals surface area contributed by atoms with Gasteiger partial charge in [-0.25, -0.2) is 0 Å². The van der Waals surface area contributed by atoms with Gasteiger partial charge in [-0.05, 0) is 30.6 Å². The molecule has 0 aliphatic heterocycles. The molecule has 2 rings (SSSR count). The summed E-state index contributed by atoms with van der Waals surface area (Å²) in [5.74, 6) is 0.844. The van der Waals surface area contributed by atoms with Gasteiger partial charge in [-0.3, -0.25) is 0 Å². The third-order valence-corrected chi connectivity index (χ3v) is 3.39. The van der Waals surface area contributed by atoms with E-state index in [1.54, 1.807) is 5.57 Å². The Bertz CT molecular complexity index is 230. The van der Waals surface area contributed by atoms with Crippen LogP contribution in [0.4, 0.5) is 0 Å². The number of hydrogen-bond acceptors (Lipinski definition) is 0. The zero-order valence-electron chi connectivity index (χ0n) is 8.14. The molecule has 0 N–H and O–H groups in total. The summed E-state index contributed by atoms with van der Waals surface area (Å²) in [6, 6.07) is 0. The van der Waals surface area contributed by atoms with Crippen LogP contribution >= 0.6 is 0 Å². The van der Waals surface area contributed by atoms with E-state index in [0.29, 0.717) is 5.41 Å². The fraction of sp³-hybridized carbons (Fsp3) is 0.667. The minimum absolute atomic E-state index is 0.421. The fourth-order valence-electron chi connectivity index (χ4n) is 2.62. The predicted molar refractivity (Wildman–Crippen MR) is 53.0 cm³/mol. The van der Waals surface area contributed by atoms with E-state index in [2.05, 4.69) is 32.1 Å². The van der Waals surface area contributed by atoms with E-state index >= 15 is 0 Å². The molecule has 66 valence electrons. The van der Waals surface area contributed by atoms with Crippen molar-refractivity contribution < 1.29 is 0 Å². The van der Waals surface area contributed by atoms with Crippen molar-refractivity contribution in [3.63, 3.8) is 0 Å². The first kappa shape index (κ1) is 8.10. The van der Waals surface area contributed by atoms with E-state index in [1.807, 2.05) is 0 Å². The minimum Gasteiger partial charge on any atom is -0.0783 e. The lowest BCUT2D eigenvalue weighted by atomic mass is 9.66. The highest BCUT2D eigenvalue weighted by Crippen LogP contribution is 2.44. The summed E-state index contributed by atoms with van der Waals surface area (Å²) >= 11 is 0. The van der Waals surface area contributed by atoms with Gasteiger partial charge in [0.1, 0.15) is 0 Å². The molecule has 12 heavy (non-hydrogen) atoms. The van der Waals surface area contributed by atoms with Crippen molar-refractivity contribution in [2.24, 2.45) is 11.3 Å². The van der Waals surface area contributed by atoms with Crippen LogP contribution in [0.1, 0.15) is 39.5 Å². The Morgan fingerprint density at radius 2 is 2.17 bits per heavy atom. The average molecular weight is 162 g/mol. The molecule has 0 aromatic heterocycles. The van der Waals surface area contributed by atoms with Crippen LogP contribution in [0.3, 0.4) is 0 Å². The fourth-order valence-corrected chi connectivity index (χ4v) is 2.62. The van der Waals surface area contributed by atoms with Crippen LogP contribution in [-0.4, -0.2) is 0 Å². The van der Waals surface area contributed by atoms with Gasteiger partial charge in [0, 0.05) is 0 Å². The molecular weight excluding hydrogens is 144 g/mol. The molecule has 1 fully saturated rings. The highest BCUT2D eigenvalue weighted by Gasteiger charge is 2.32. The van der Waals surface area contributed by atoms with Gasteiger partial charge >= 0.3 is 0 Å². The monoisotopic (exact) mass is 162 g/mol. The second-order valence-corrected chi connectivity index (χ2v) is 4.72. The lowest BCUT2D eigenvalue weighted by molar-refractivity contribution is 0.269. The van der Waals surface area contributed by atoms with Crippen LogP contribution in [0.5, 0.6) is 0 Å². The number of rotatable bonds is 0. The van der Waals surface area contributed by atoms with Crippen molar-refractivity contribution in [1.29, 1.82) is 0 Å². The van der Waals surface area contributed by atoms with Crippen LogP contribution < -0.4 is 0 Å². The van der Waals surface area contributed by atoms with E-state index < -0.39 is 0 Å². The Labute approximate surface area is 75.4 Å². The van der Waals surface area contributed by atoms with Gasteiger partial charge in [0.2, 0.25) is 0 Å². The Morgan fingerprint density at radius 3 is 2.92 bits per heavy atom. The first-order valence-electron chi connectivity index (χ1n) is 5.08. The highest BCUT2D eigenvalue weighted by atomic mass is 14.4. The van der Waals surface area contributed by atoms with E-state index in [9.17, 15) is 0 Å². The standard InChI is InChI=1S/C12H18/c1-12(2)9-5-7-10-6-3-4-8-11(10)12/h5,7,9,11H,3-4,6,8H2,1-2H3. The summed E-state index contributed by atoms with van der Waals surface area (Å²) in [5, 5.41) is 0. The summed E-state index contributed by atoms with van der Waals surface area (Å²) in [6.07, 6.45) is 12.5. The maximum absolute atomic E-state index is 2.37. The SMILES string of the molecule is CC1(C)C=CC=C2CCCCC21. The van der Waals surface area contributed by atoms with Crippen molar-refractivity contribution in [2.45, 2.75) is 39.5 Å². The van der Waals surface area contributed by atoms with Gasteiger partial charge < -0.3 is 0 Å². The Kier molecular flexibility index (Phi) is 1.86. The molecule has 2 aliphatic rings. The topological polar surface area (TPSA) is 0 Å². The predicted octanol–water partition coefficient (Wildman–Crippen LogP) is 3.70. The molecule has 0 aromatic rings. The Hall–Kier alpha value is -0.520. The lowest BCUT2D eigenvalue weighted by Gasteiger charge is -2.39. The van der Waals surface area contributed by atoms with Crippen LogP contribution in [0.25, 0.3) is 0 Å². The minimum atomic E-state index is 0.421. The van der Waals surface area contributed by atoms with Crippen LogP contribution in [-0.2, 0) is 0 Å². The first-order chi connectivity index (χ1) is 5.70. The third-order valence-electron chi connectivity index (χ3n) is 3.39. The van der Waals surface area contributed by atoms with Crippen molar-refractivity contribution in [3.8, 4) is 0 Å². The van der Waals surface area contributed by atoms with Gasteiger partial charge in [0.05, 0.1) is 0 Å². The van der Waals surface area contributed by atoms with E-state index in [-0.39, 0.29) is 0 Å². The molecule has 0 spiro atoms. The van der Waals surface area contributed by atoms with Crippen molar-refractivity contribution >= 4 is 0 Å². The second kappa shape index (κ2) is 2.76. The van der Waals surface area contributed by atoms with Crippen molar-refractivity contribution in [3.05, 3.63) is 23.8 Å². The molecule has 0 heterocycles. The zero-order chi connectivity index (χ0) is 8.60. The molecule has 0 radical (unpaired) electrons. The van der Waals surface area contributed by atoms with Crippen LogP contribution in [0, 0.1) is 11.3 Å². The summed E-state index contributed by atoms with van der Waals surface area (Å²) in [4.78, 5) is 0. The molecule has 0 saturated heterocycles. The Balaban J connectivity index is 2.27. The summed E-state index contributed by atoms with van der Waals surface area (Å²) in [7, 11) is 0. The van der Waals surface area contributed by atoms with Crippen molar-refractivity contribution in [2.75, 3.05) is 0 Å². The molecule has 0 heteroatoms. The zero-order valence-corrected chi connectivity index (χ0v) is 8.14. The lowest BCUT2D eigenvalue weighted by Crippen LogP contribution is -2.27. The van der Waals surface area contributed by atoms with E-state index in [0.717, 1.165) is 5.92 Å². The summed E-state index contributed by atoms with van der Waals surface area (Å²) in [6.45, 7) is 4.74. The quantitative estimate of drug-likeness (QED) is 0.509. The molecular formula is C12H18. The maximum Gasteiger partial charge on any atom is -0.0106 e. The van der Waals surface area contributed by atoms with E-state index in [1.165, 1.54) is 25.7 Å². The first-order valence-corrected chi connectivity index (χ1v) is 5.08. The van der Waals surface area contributed by atoms with E-state index in [4.69, 9.17) is 0 Å². The highest BCUT2D eigenvalue weighted by molar-refractivity contribution is 5.27. The molecule has 0 bridgehead atoms. The van der Waals surface area contributed by atoms with Gasteiger partial charge in [-0.1, -0.05) is 44.1 Å². The summed E-state index contributed by atoms with van der Waals surface area (Å²) in [5.41, 5.74) is 2.12. The largest absolute Gasteiger partial charge is 0.0783 e. The molecule has 0 nitrogen and oxygen atoms in total. The van der Waals surface area contributed by atoms with Gasteiger partial charge in [0.25, 0.3) is 0 Å². The smallest absolute Gasteiger partial charge is 0.0106 e. The van der Waals surface area contributed by atoms with Gasteiger partial charge in [0.15, 0.2) is 0 Å². The van der Waals surface area contributed by atoms with Crippen molar-refractivity contribution in [1.82, 2.24) is 0 Å².